The molecule has 2 amide bonds. The van der Waals surface area contributed by atoms with E-state index in [4.69, 9.17) is 4.74 Å². The van der Waals surface area contributed by atoms with Crippen LogP contribution < -0.4 is 15.4 Å². The maximum Gasteiger partial charge on any atom is 0.243 e. The second-order valence-corrected chi connectivity index (χ2v) is 5.48. The molecule has 0 aromatic heterocycles. The van der Waals surface area contributed by atoms with E-state index in [2.05, 4.69) is 10.6 Å². The number of aryl methyl sites for hydroxylation is 1. The Morgan fingerprint density at radius 2 is 1.71 bits per heavy atom. The molecule has 0 bridgehead atoms. The summed E-state index contributed by atoms with van der Waals surface area (Å²) in [6.07, 6.45) is 0.200. The highest BCUT2D eigenvalue weighted by Gasteiger charge is 2.08. The average molecular weight is 326 g/mol. The molecule has 2 aromatic carbocycles. The second kappa shape index (κ2) is 8.72. The Balaban J connectivity index is 1.69. The van der Waals surface area contributed by atoms with E-state index >= 15 is 0 Å². The first-order valence-electron chi connectivity index (χ1n) is 7.87. The third-order valence-corrected chi connectivity index (χ3v) is 3.67. The molecule has 0 unspecified atom stereocenters. The van der Waals surface area contributed by atoms with Gasteiger partial charge in [-0.2, -0.15) is 0 Å². The van der Waals surface area contributed by atoms with Gasteiger partial charge in [0.1, 0.15) is 5.75 Å². The lowest BCUT2D eigenvalue weighted by molar-refractivity contribution is -0.124. The van der Waals surface area contributed by atoms with Gasteiger partial charge in [0.05, 0.1) is 19.6 Å². The summed E-state index contributed by atoms with van der Waals surface area (Å²) in [5.74, 6) is 0.251. The normalized spacial score (nSPS) is 10.1. The van der Waals surface area contributed by atoms with Crippen molar-refractivity contribution in [1.82, 2.24) is 5.32 Å². The van der Waals surface area contributed by atoms with Gasteiger partial charge in [-0.05, 0) is 43.2 Å². The van der Waals surface area contributed by atoms with Gasteiger partial charge in [-0.1, -0.05) is 30.3 Å². The standard InChI is InChI=1S/C19H22N2O3/c1-14-7-6-10-17(15(14)2)21-19(23)13-20-18(22)11-12-24-16-8-4-3-5-9-16/h3-10H,11-13H2,1-2H3,(H,20,22)(H,21,23). The van der Waals surface area contributed by atoms with Crippen LogP contribution in [0.2, 0.25) is 0 Å². The number of benzene rings is 2. The Morgan fingerprint density at radius 3 is 2.46 bits per heavy atom. The van der Waals surface area contributed by atoms with Gasteiger partial charge >= 0.3 is 0 Å². The van der Waals surface area contributed by atoms with Crippen molar-refractivity contribution in [3.63, 3.8) is 0 Å². The number of anilines is 1. The molecule has 0 atom stereocenters. The van der Waals surface area contributed by atoms with Crippen molar-refractivity contribution in [1.29, 1.82) is 0 Å². The van der Waals surface area contributed by atoms with Crippen molar-refractivity contribution >= 4 is 17.5 Å². The van der Waals surface area contributed by atoms with Crippen LogP contribution in [0.25, 0.3) is 0 Å². The molecule has 0 aliphatic rings. The van der Waals surface area contributed by atoms with Crippen molar-refractivity contribution in [3.8, 4) is 5.75 Å². The molecular formula is C19H22N2O3. The largest absolute Gasteiger partial charge is 0.493 e. The summed E-state index contributed by atoms with van der Waals surface area (Å²) in [4.78, 5) is 23.7. The Morgan fingerprint density at radius 1 is 0.958 bits per heavy atom. The Bertz CT molecular complexity index is 699. The predicted molar refractivity (Wildman–Crippen MR) is 94.1 cm³/mol. The molecule has 0 radical (unpaired) electrons. The number of ether oxygens (including phenoxy) is 1. The molecule has 0 heterocycles. The first kappa shape index (κ1) is 17.5. The van der Waals surface area contributed by atoms with Crippen LogP contribution in [0.3, 0.4) is 0 Å². The average Bonchev–Trinajstić information content (AvgIpc) is 2.58. The molecule has 2 N–H and O–H groups in total. The molecule has 0 spiro atoms. The van der Waals surface area contributed by atoms with Gasteiger partial charge in [0.2, 0.25) is 11.8 Å². The van der Waals surface area contributed by atoms with Gasteiger partial charge in [0.25, 0.3) is 0 Å². The molecule has 0 fully saturated rings. The van der Waals surface area contributed by atoms with Gasteiger partial charge in [-0.25, -0.2) is 0 Å². The minimum Gasteiger partial charge on any atom is -0.493 e. The molecule has 0 aliphatic heterocycles. The third kappa shape index (κ3) is 5.43. The van der Waals surface area contributed by atoms with Gasteiger partial charge < -0.3 is 15.4 Å². The van der Waals surface area contributed by atoms with Gasteiger partial charge in [-0.3, -0.25) is 9.59 Å². The summed E-state index contributed by atoms with van der Waals surface area (Å²) < 4.78 is 5.45. The van der Waals surface area contributed by atoms with Crippen LogP contribution >= 0.6 is 0 Å². The van der Waals surface area contributed by atoms with E-state index in [1.807, 2.05) is 62.4 Å². The fourth-order valence-electron chi connectivity index (χ4n) is 2.13. The molecule has 2 aromatic rings. The van der Waals surface area contributed by atoms with Crippen LogP contribution in [0, 0.1) is 13.8 Å². The van der Waals surface area contributed by atoms with E-state index in [9.17, 15) is 9.59 Å². The first-order valence-corrected chi connectivity index (χ1v) is 7.87. The number of carbonyl (C=O) groups is 2. The van der Waals surface area contributed by atoms with Gasteiger partial charge in [0.15, 0.2) is 0 Å². The number of nitrogens with one attached hydrogen (secondary N) is 2. The zero-order chi connectivity index (χ0) is 17.4. The number of rotatable bonds is 7. The summed E-state index contributed by atoms with van der Waals surface area (Å²) in [6.45, 7) is 4.15. The summed E-state index contributed by atoms with van der Waals surface area (Å²) in [7, 11) is 0. The van der Waals surface area contributed by atoms with Crippen LogP contribution in [0.4, 0.5) is 5.69 Å². The lowest BCUT2D eigenvalue weighted by atomic mass is 10.1. The lowest BCUT2D eigenvalue weighted by Crippen LogP contribution is -2.33. The van der Waals surface area contributed by atoms with Gasteiger partial charge in [-0.15, -0.1) is 0 Å². The molecule has 0 aliphatic carbocycles. The molecule has 0 saturated carbocycles. The molecule has 5 heteroatoms. The molecule has 126 valence electrons. The monoisotopic (exact) mass is 326 g/mol. The van der Waals surface area contributed by atoms with Crippen molar-refractivity contribution < 1.29 is 14.3 Å². The van der Waals surface area contributed by atoms with E-state index < -0.39 is 0 Å². The molecule has 2 rings (SSSR count). The maximum absolute atomic E-state index is 11.9. The van der Waals surface area contributed by atoms with E-state index in [1.165, 1.54) is 0 Å². The van der Waals surface area contributed by atoms with E-state index in [1.54, 1.807) is 0 Å². The fourth-order valence-corrected chi connectivity index (χ4v) is 2.13. The van der Waals surface area contributed by atoms with E-state index in [0.717, 1.165) is 22.6 Å². The van der Waals surface area contributed by atoms with E-state index in [-0.39, 0.29) is 31.4 Å². The molecule has 0 saturated heterocycles. The summed E-state index contributed by atoms with van der Waals surface area (Å²) in [5, 5.41) is 5.40. The van der Waals surface area contributed by atoms with Crippen molar-refractivity contribution in [2.75, 3.05) is 18.5 Å². The SMILES string of the molecule is Cc1cccc(NC(=O)CNC(=O)CCOc2ccccc2)c1C. The summed E-state index contributed by atoms with van der Waals surface area (Å²) in [6, 6.07) is 15.0. The van der Waals surface area contributed by atoms with Crippen LogP contribution in [-0.2, 0) is 9.59 Å². The zero-order valence-corrected chi connectivity index (χ0v) is 14.0. The van der Waals surface area contributed by atoms with Crippen molar-refractivity contribution in [3.05, 3.63) is 59.7 Å². The Hall–Kier alpha value is -2.82. The number of amides is 2. The minimum absolute atomic E-state index is 0.0580. The van der Waals surface area contributed by atoms with Crippen LogP contribution in [0.1, 0.15) is 17.5 Å². The highest BCUT2D eigenvalue weighted by atomic mass is 16.5. The second-order valence-electron chi connectivity index (χ2n) is 5.48. The zero-order valence-electron chi connectivity index (χ0n) is 14.0. The van der Waals surface area contributed by atoms with Crippen LogP contribution in [-0.4, -0.2) is 25.0 Å². The third-order valence-electron chi connectivity index (χ3n) is 3.67. The summed E-state index contributed by atoms with van der Waals surface area (Å²) in [5.41, 5.74) is 2.89. The number of hydrogen-bond acceptors (Lipinski definition) is 3. The topological polar surface area (TPSA) is 67.4 Å². The van der Waals surface area contributed by atoms with E-state index in [0.29, 0.717) is 0 Å². The fraction of sp³-hybridized carbons (Fsp3) is 0.263. The highest BCUT2D eigenvalue weighted by Crippen LogP contribution is 2.17. The minimum atomic E-state index is -0.249. The number of carbonyl (C=O) groups excluding carboxylic acids is 2. The highest BCUT2D eigenvalue weighted by molar-refractivity contribution is 5.95. The number of para-hydroxylation sites is 1. The Kier molecular flexibility index (Phi) is 6.37. The van der Waals surface area contributed by atoms with Gasteiger partial charge in [0, 0.05) is 5.69 Å². The smallest absolute Gasteiger partial charge is 0.243 e. The number of hydrogen-bond donors (Lipinski definition) is 2. The van der Waals surface area contributed by atoms with Crippen molar-refractivity contribution in [2.24, 2.45) is 0 Å². The maximum atomic E-state index is 11.9. The molecule has 5 nitrogen and oxygen atoms in total. The molecular weight excluding hydrogens is 304 g/mol. The van der Waals surface area contributed by atoms with Crippen LogP contribution in [0.5, 0.6) is 5.75 Å². The molecule has 24 heavy (non-hydrogen) atoms. The predicted octanol–water partition coefficient (Wildman–Crippen LogP) is 2.83. The van der Waals surface area contributed by atoms with Crippen LogP contribution in [0.15, 0.2) is 48.5 Å². The lowest BCUT2D eigenvalue weighted by Gasteiger charge is -2.11. The quantitative estimate of drug-likeness (QED) is 0.822. The summed E-state index contributed by atoms with van der Waals surface area (Å²) >= 11 is 0. The first-order chi connectivity index (χ1) is 11.6. The Labute approximate surface area is 142 Å². The van der Waals surface area contributed by atoms with Crippen molar-refractivity contribution in [2.45, 2.75) is 20.3 Å².